The predicted molar refractivity (Wildman–Crippen MR) is 75.3 cm³/mol. The molecule has 1 aliphatic rings. The van der Waals surface area contributed by atoms with Gasteiger partial charge in [-0.3, -0.25) is 0 Å². The van der Waals surface area contributed by atoms with Gasteiger partial charge in [-0.25, -0.2) is 18.1 Å². The van der Waals surface area contributed by atoms with Crippen LogP contribution < -0.4 is 10.5 Å². The molecule has 1 heterocycles. The van der Waals surface area contributed by atoms with E-state index in [-0.39, 0.29) is 21.8 Å². The highest BCUT2D eigenvalue weighted by Crippen LogP contribution is 2.32. The quantitative estimate of drug-likeness (QED) is 0.894. The Balaban J connectivity index is 2.21. The van der Waals surface area contributed by atoms with Gasteiger partial charge in [-0.1, -0.05) is 25.4 Å². The van der Waals surface area contributed by atoms with E-state index in [1.165, 1.54) is 12.3 Å². The average molecular weight is 304 g/mol. The van der Waals surface area contributed by atoms with Crippen molar-refractivity contribution in [2.24, 2.45) is 11.8 Å². The Morgan fingerprint density at radius 2 is 2.11 bits per heavy atom. The lowest BCUT2D eigenvalue weighted by molar-refractivity contribution is 0.402. The monoisotopic (exact) mass is 303 g/mol. The smallest absolute Gasteiger partial charge is 0.242 e. The van der Waals surface area contributed by atoms with Crippen LogP contribution in [0.3, 0.4) is 0 Å². The van der Waals surface area contributed by atoms with Crippen molar-refractivity contribution >= 4 is 27.4 Å². The second-order valence-electron chi connectivity index (χ2n) is 5.18. The average Bonchev–Trinajstić information content (AvgIpc) is 2.64. The van der Waals surface area contributed by atoms with Gasteiger partial charge >= 0.3 is 0 Å². The fraction of sp³-hybridized carbons (Fsp3) is 0.583. The number of aromatic nitrogens is 1. The van der Waals surface area contributed by atoms with Gasteiger partial charge in [0.2, 0.25) is 10.0 Å². The van der Waals surface area contributed by atoms with Gasteiger partial charge in [-0.05, 0) is 30.7 Å². The van der Waals surface area contributed by atoms with E-state index in [1.54, 1.807) is 0 Å². The standard InChI is InChI=1S/C12H18ClN3O2S/c1-7-3-4-11(8(7)2)16-19(17,18)9-5-10(13)12(14)15-6-9/h5-8,11,16H,3-4H2,1-2H3,(H2,14,15). The van der Waals surface area contributed by atoms with E-state index in [9.17, 15) is 8.42 Å². The molecule has 19 heavy (non-hydrogen) atoms. The van der Waals surface area contributed by atoms with Gasteiger partial charge in [0, 0.05) is 12.2 Å². The maximum absolute atomic E-state index is 12.3. The number of hydrogen-bond acceptors (Lipinski definition) is 4. The molecule has 0 spiro atoms. The molecule has 0 aromatic carbocycles. The van der Waals surface area contributed by atoms with Crippen LogP contribution in [0.25, 0.3) is 0 Å². The second kappa shape index (κ2) is 5.26. The maximum Gasteiger partial charge on any atom is 0.242 e. The Labute approximate surface area is 118 Å². The maximum atomic E-state index is 12.3. The molecule has 0 amide bonds. The molecule has 1 fully saturated rings. The summed E-state index contributed by atoms with van der Waals surface area (Å²) < 4.78 is 27.2. The van der Waals surface area contributed by atoms with E-state index in [0.717, 1.165) is 12.8 Å². The summed E-state index contributed by atoms with van der Waals surface area (Å²) in [5, 5.41) is 0.149. The first-order chi connectivity index (χ1) is 8.81. The summed E-state index contributed by atoms with van der Waals surface area (Å²) in [5.74, 6) is 0.983. The molecule has 2 rings (SSSR count). The zero-order valence-corrected chi connectivity index (χ0v) is 12.5. The van der Waals surface area contributed by atoms with Crippen molar-refractivity contribution in [2.45, 2.75) is 37.6 Å². The summed E-state index contributed by atoms with van der Waals surface area (Å²) in [4.78, 5) is 3.83. The predicted octanol–water partition coefficient (Wildman–Crippen LogP) is 2.03. The summed E-state index contributed by atoms with van der Waals surface area (Å²) >= 11 is 5.81. The fourth-order valence-electron chi connectivity index (χ4n) is 2.38. The van der Waals surface area contributed by atoms with E-state index >= 15 is 0 Å². The highest BCUT2D eigenvalue weighted by atomic mass is 35.5. The number of halogens is 1. The first-order valence-electron chi connectivity index (χ1n) is 6.24. The van der Waals surface area contributed by atoms with Gasteiger partial charge in [0.15, 0.2) is 0 Å². The van der Waals surface area contributed by atoms with Gasteiger partial charge in [0.05, 0.1) is 5.02 Å². The summed E-state index contributed by atoms with van der Waals surface area (Å²) in [7, 11) is -3.59. The Morgan fingerprint density at radius 3 is 2.63 bits per heavy atom. The number of pyridine rings is 1. The van der Waals surface area contributed by atoms with Crippen LogP contribution in [0.5, 0.6) is 0 Å². The van der Waals surface area contributed by atoms with Crippen LogP contribution in [0.4, 0.5) is 5.82 Å². The van der Waals surface area contributed by atoms with Gasteiger partial charge in [-0.15, -0.1) is 0 Å². The summed E-state index contributed by atoms with van der Waals surface area (Å²) in [5.41, 5.74) is 5.48. The van der Waals surface area contributed by atoms with E-state index in [4.69, 9.17) is 17.3 Å². The largest absolute Gasteiger partial charge is 0.382 e. The molecule has 3 atom stereocenters. The molecular weight excluding hydrogens is 286 g/mol. The molecule has 1 aliphatic carbocycles. The minimum atomic E-state index is -3.59. The molecule has 3 N–H and O–H groups in total. The third kappa shape index (κ3) is 3.01. The van der Waals surface area contributed by atoms with Crippen molar-refractivity contribution in [3.05, 3.63) is 17.3 Å². The van der Waals surface area contributed by atoms with Crippen molar-refractivity contribution in [1.82, 2.24) is 9.71 Å². The van der Waals surface area contributed by atoms with Crippen LogP contribution in [0.1, 0.15) is 26.7 Å². The van der Waals surface area contributed by atoms with Crippen molar-refractivity contribution in [2.75, 3.05) is 5.73 Å². The molecule has 1 saturated carbocycles. The molecule has 1 aromatic rings. The van der Waals surface area contributed by atoms with Crippen LogP contribution in [0.15, 0.2) is 17.2 Å². The summed E-state index contributed by atoms with van der Waals surface area (Å²) in [6.45, 7) is 4.21. The van der Waals surface area contributed by atoms with Gasteiger partial charge in [0.25, 0.3) is 0 Å². The van der Waals surface area contributed by atoms with Crippen LogP contribution in [-0.2, 0) is 10.0 Å². The number of sulfonamides is 1. The third-order valence-electron chi connectivity index (χ3n) is 3.93. The summed E-state index contributed by atoms with van der Waals surface area (Å²) in [6.07, 6.45) is 3.12. The SMILES string of the molecule is CC1CCC(NS(=O)(=O)c2cnc(N)c(Cl)c2)C1C. The lowest BCUT2D eigenvalue weighted by atomic mass is 9.98. The first-order valence-corrected chi connectivity index (χ1v) is 8.10. The number of nitrogens with one attached hydrogen (secondary N) is 1. The minimum Gasteiger partial charge on any atom is -0.382 e. The molecule has 0 saturated heterocycles. The Bertz CT molecular complexity index is 576. The zero-order chi connectivity index (χ0) is 14.2. The van der Waals surface area contributed by atoms with Gasteiger partial charge in [-0.2, -0.15) is 0 Å². The number of hydrogen-bond donors (Lipinski definition) is 2. The van der Waals surface area contributed by atoms with Crippen LogP contribution in [0.2, 0.25) is 5.02 Å². The number of nitrogen functional groups attached to an aromatic ring is 1. The number of rotatable bonds is 3. The highest BCUT2D eigenvalue weighted by Gasteiger charge is 2.33. The van der Waals surface area contributed by atoms with Crippen LogP contribution in [0, 0.1) is 11.8 Å². The molecule has 3 unspecified atom stereocenters. The molecular formula is C12H18ClN3O2S. The number of nitrogens with zero attached hydrogens (tertiary/aromatic N) is 1. The molecule has 0 aliphatic heterocycles. The third-order valence-corrected chi connectivity index (χ3v) is 5.69. The van der Waals surface area contributed by atoms with E-state index < -0.39 is 10.0 Å². The van der Waals surface area contributed by atoms with E-state index in [1.807, 2.05) is 0 Å². The highest BCUT2D eigenvalue weighted by molar-refractivity contribution is 7.89. The zero-order valence-electron chi connectivity index (χ0n) is 10.9. The molecule has 5 nitrogen and oxygen atoms in total. The van der Waals surface area contributed by atoms with Crippen LogP contribution in [-0.4, -0.2) is 19.4 Å². The Kier molecular flexibility index (Phi) is 4.03. The Hall–Kier alpha value is -0.850. The van der Waals surface area contributed by atoms with Crippen molar-refractivity contribution in [1.29, 1.82) is 0 Å². The number of anilines is 1. The molecule has 0 radical (unpaired) electrons. The second-order valence-corrected chi connectivity index (χ2v) is 7.30. The molecule has 1 aromatic heterocycles. The topological polar surface area (TPSA) is 85.1 Å². The van der Waals surface area contributed by atoms with Crippen LogP contribution >= 0.6 is 11.6 Å². The van der Waals surface area contributed by atoms with Crippen molar-refractivity contribution in [3.63, 3.8) is 0 Å². The van der Waals surface area contributed by atoms with E-state index in [2.05, 4.69) is 23.6 Å². The lowest BCUT2D eigenvalue weighted by Gasteiger charge is -2.19. The Morgan fingerprint density at radius 1 is 1.42 bits per heavy atom. The van der Waals surface area contributed by atoms with Gasteiger partial charge < -0.3 is 5.73 Å². The molecule has 106 valence electrons. The first kappa shape index (κ1) is 14.6. The molecule has 0 bridgehead atoms. The molecule has 7 heteroatoms. The van der Waals surface area contributed by atoms with Crippen molar-refractivity contribution < 1.29 is 8.42 Å². The van der Waals surface area contributed by atoms with E-state index in [0.29, 0.717) is 11.8 Å². The lowest BCUT2D eigenvalue weighted by Crippen LogP contribution is -2.37. The minimum absolute atomic E-state index is 0.0312. The van der Waals surface area contributed by atoms with Gasteiger partial charge in [0.1, 0.15) is 10.7 Å². The number of nitrogens with two attached hydrogens (primary N) is 1. The summed E-state index contributed by atoms with van der Waals surface area (Å²) in [6, 6.07) is 1.30. The fourth-order valence-corrected chi connectivity index (χ4v) is 3.94. The normalized spacial score (nSPS) is 27.6. The van der Waals surface area contributed by atoms with Crippen molar-refractivity contribution in [3.8, 4) is 0 Å².